The number of nitrogens with zero attached hydrogens (tertiary/aromatic N) is 3. The molecule has 1 saturated heterocycles. The number of methoxy groups -OCH3 is 1. The number of carbonyl (C=O) groups is 1. The molecule has 0 saturated carbocycles. The van der Waals surface area contributed by atoms with Crippen LogP contribution in [0.25, 0.3) is 0 Å². The van der Waals surface area contributed by atoms with E-state index in [2.05, 4.69) is 9.97 Å². The first-order valence-electron chi connectivity index (χ1n) is 5.92. The Balaban J connectivity index is 2.27. The summed E-state index contributed by atoms with van der Waals surface area (Å²) in [6, 6.07) is 1.65. The van der Waals surface area contributed by atoms with Crippen LogP contribution >= 0.6 is 0 Å². The van der Waals surface area contributed by atoms with Gasteiger partial charge in [0.2, 0.25) is 11.8 Å². The highest BCUT2D eigenvalue weighted by Crippen LogP contribution is 2.28. The van der Waals surface area contributed by atoms with Gasteiger partial charge in [0.05, 0.1) is 13.0 Å². The maximum Gasteiger partial charge on any atom is 0.308 e. The molecular formula is C12H17N3O3. The molecule has 6 nitrogen and oxygen atoms in total. The second-order valence-electron chi connectivity index (χ2n) is 4.52. The molecule has 1 aromatic rings. The zero-order valence-electron chi connectivity index (χ0n) is 10.8. The van der Waals surface area contributed by atoms with E-state index in [1.165, 1.54) is 0 Å². The molecule has 0 aromatic carbocycles. The van der Waals surface area contributed by atoms with E-state index in [4.69, 9.17) is 9.84 Å². The zero-order chi connectivity index (χ0) is 13.3. The van der Waals surface area contributed by atoms with Gasteiger partial charge in [-0.2, -0.15) is 4.98 Å². The van der Waals surface area contributed by atoms with E-state index >= 15 is 0 Å². The number of carboxylic acids is 1. The summed E-state index contributed by atoms with van der Waals surface area (Å²) in [7, 11) is 1.55. The molecule has 6 heteroatoms. The van der Waals surface area contributed by atoms with Gasteiger partial charge in [0.25, 0.3) is 0 Å². The van der Waals surface area contributed by atoms with Gasteiger partial charge in [-0.05, 0) is 20.3 Å². The molecule has 0 radical (unpaired) electrons. The molecule has 2 atom stereocenters. The molecule has 18 heavy (non-hydrogen) atoms. The Hall–Kier alpha value is -1.85. The minimum atomic E-state index is -0.760. The van der Waals surface area contributed by atoms with Gasteiger partial charge in [-0.3, -0.25) is 4.79 Å². The van der Waals surface area contributed by atoms with Gasteiger partial charge in [0.1, 0.15) is 0 Å². The molecule has 0 amide bonds. The van der Waals surface area contributed by atoms with E-state index in [-0.39, 0.29) is 12.0 Å². The molecule has 1 aromatic heterocycles. The number of carboxylic acid groups (broad SMARTS) is 1. The van der Waals surface area contributed by atoms with Crippen LogP contribution in [0.3, 0.4) is 0 Å². The summed E-state index contributed by atoms with van der Waals surface area (Å²) in [5.74, 6) is -0.0729. The van der Waals surface area contributed by atoms with Crippen molar-refractivity contribution in [2.24, 2.45) is 5.92 Å². The Kier molecular flexibility index (Phi) is 3.36. The lowest BCUT2D eigenvalue weighted by Crippen LogP contribution is -2.34. The summed E-state index contributed by atoms with van der Waals surface area (Å²) in [5, 5.41) is 9.11. The van der Waals surface area contributed by atoms with Crippen LogP contribution in [0.5, 0.6) is 5.88 Å². The Bertz CT molecular complexity index is 464. The molecule has 1 aliphatic rings. The summed E-state index contributed by atoms with van der Waals surface area (Å²) in [6.45, 7) is 4.41. The van der Waals surface area contributed by atoms with E-state index in [0.29, 0.717) is 24.8 Å². The number of ether oxygens (including phenoxy) is 1. The summed E-state index contributed by atoms with van der Waals surface area (Å²) in [6.07, 6.45) is 0.621. The molecule has 0 aliphatic carbocycles. The largest absolute Gasteiger partial charge is 0.481 e. The Morgan fingerprint density at radius 1 is 1.56 bits per heavy atom. The molecule has 0 bridgehead atoms. The van der Waals surface area contributed by atoms with Crippen LogP contribution in [-0.2, 0) is 4.79 Å². The molecule has 1 fully saturated rings. The lowest BCUT2D eigenvalue weighted by atomic mass is 10.0. The highest BCUT2D eigenvalue weighted by Gasteiger charge is 2.37. The SMILES string of the molecule is COc1cc(C)nc(N2CCC(C(=O)O)C2C)n1. The summed E-state index contributed by atoms with van der Waals surface area (Å²) in [4.78, 5) is 21.6. The third-order valence-electron chi connectivity index (χ3n) is 3.36. The van der Waals surface area contributed by atoms with Crippen LogP contribution in [0.15, 0.2) is 6.07 Å². The number of aromatic nitrogens is 2. The van der Waals surface area contributed by atoms with Crippen LogP contribution in [0.4, 0.5) is 5.95 Å². The second-order valence-corrected chi connectivity index (χ2v) is 4.52. The van der Waals surface area contributed by atoms with Gasteiger partial charge in [-0.1, -0.05) is 0 Å². The Morgan fingerprint density at radius 3 is 2.83 bits per heavy atom. The van der Waals surface area contributed by atoms with E-state index in [0.717, 1.165) is 5.69 Å². The average molecular weight is 251 g/mol. The van der Waals surface area contributed by atoms with E-state index in [1.54, 1.807) is 13.2 Å². The third-order valence-corrected chi connectivity index (χ3v) is 3.36. The van der Waals surface area contributed by atoms with E-state index in [1.807, 2.05) is 18.7 Å². The normalized spacial score (nSPS) is 23.2. The fourth-order valence-corrected chi connectivity index (χ4v) is 2.31. The van der Waals surface area contributed by atoms with Crippen molar-refractivity contribution in [2.45, 2.75) is 26.3 Å². The zero-order valence-corrected chi connectivity index (χ0v) is 10.8. The van der Waals surface area contributed by atoms with Gasteiger partial charge >= 0.3 is 5.97 Å². The minimum absolute atomic E-state index is 0.103. The van der Waals surface area contributed by atoms with E-state index < -0.39 is 5.97 Å². The van der Waals surface area contributed by atoms with Crippen molar-refractivity contribution in [3.63, 3.8) is 0 Å². The van der Waals surface area contributed by atoms with Crippen LogP contribution < -0.4 is 9.64 Å². The summed E-state index contributed by atoms with van der Waals surface area (Å²) in [5.41, 5.74) is 0.808. The lowest BCUT2D eigenvalue weighted by Gasteiger charge is -2.23. The first-order chi connectivity index (χ1) is 8.52. The molecule has 2 heterocycles. The first kappa shape index (κ1) is 12.6. The average Bonchev–Trinajstić information content (AvgIpc) is 2.70. The monoisotopic (exact) mass is 251 g/mol. The third kappa shape index (κ3) is 2.23. The maximum atomic E-state index is 11.1. The second kappa shape index (κ2) is 4.80. The fraction of sp³-hybridized carbons (Fsp3) is 0.583. The van der Waals surface area contributed by atoms with Gasteiger partial charge in [-0.25, -0.2) is 4.98 Å². The van der Waals surface area contributed by atoms with Gasteiger partial charge in [0.15, 0.2) is 0 Å². The lowest BCUT2D eigenvalue weighted by molar-refractivity contribution is -0.141. The highest BCUT2D eigenvalue weighted by molar-refractivity contribution is 5.72. The molecule has 2 rings (SSSR count). The summed E-state index contributed by atoms with van der Waals surface area (Å²) >= 11 is 0. The Labute approximate surface area is 106 Å². The van der Waals surface area contributed by atoms with Crippen LogP contribution in [0.1, 0.15) is 19.0 Å². The molecular weight excluding hydrogens is 234 g/mol. The topological polar surface area (TPSA) is 75.5 Å². The Morgan fingerprint density at radius 2 is 2.28 bits per heavy atom. The van der Waals surface area contributed by atoms with Crippen molar-refractivity contribution >= 4 is 11.9 Å². The quantitative estimate of drug-likeness (QED) is 0.866. The fourth-order valence-electron chi connectivity index (χ4n) is 2.31. The molecule has 1 N–H and O–H groups in total. The van der Waals surface area contributed by atoms with Crippen LogP contribution in [0, 0.1) is 12.8 Å². The number of aliphatic carboxylic acids is 1. The molecule has 2 unspecified atom stereocenters. The van der Waals surface area contributed by atoms with Crippen molar-refractivity contribution in [1.29, 1.82) is 0 Å². The number of hydrogen-bond acceptors (Lipinski definition) is 5. The van der Waals surface area contributed by atoms with Crippen molar-refractivity contribution in [1.82, 2.24) is 9.97 Å². The van der Waals surface area contributed by atoms with Crippen molar-refractivity contribution in [3.05, 3.63) is 11.8 Å². The standard InChI is InChI=1S/C12H17N3O3/c1-7-6-10(18-3)14-12(13-7)15-5-4-9(8(15)2)11(16)17/h6,8-9H,4-5H2,1-3H3,(H,16,17). The molecule has 0 spiro atoms. The molecule has 1 aliphatic heterocycles. The van der Waals surface area contributed by atoms with Gasteiger partial charge in [0, 0.05) is 24.3 Å². The van der Waals surface area contributed by atoms with Gasteiger partial charge in [-0.15, -0.1) is 0 Å². The first-order valence-corrected chi connectivity index (χ1v) is 5.92. The smallest absolute Gasteiger partial charge is 0.308 e. The van der Waals surface area contributed by atoms with E-state index in [9.17, 15) is 4.79 Å². The predicted octanol–water partition coefficient (Wildman–Crippen LogP) is 1.09. The van der Waals surface area contributed by atoms with Crippen molar-refractivity contribution in [2.75, 3.05) is 18.6 Å². The number of aryl methyl sites for hydroxylation is 1. The number of anilines is 1. The highest BCUT2D eigenvalue weighted by atomic mass is 16.5. The number of hydrogen-bond donors (Lipinski definition) is 1. The molecule has 98 valence electrons. The maximum absolute atomic E-state index is 11.1. The minimum Gasteiger partial charge on any atom is -0.481 e. The van der Waals surface area contributed by atoms with Crippen molar-refractivity contribution < 1.29 is 14.6 Å². The number of rotatable bonds is 3. The van der Waals surface area contributed by atoms with Crippen LogP contribution in [0.2, 0.25) is 0 Å². The predicted molar refractivity (Wildman–Crippen MR) is 65.9 cm³/mol. The van der Waals surface area contributed by atoms with Gasteiger partial charge < -0.3 is 14.7 Å². The summed E-state index contributed by atoms with van der Waals surface area (Å²) < 4.78 is 5.11. The van der Waals surface area contributed by atoms with Crippen molar-refractivity contribution in [3.8, 4) is 5.88 Å². The van der Waals surface area contributed by atoms with Crippen LogP contribution in [-0.4, -0.2) is 40.7 Å².